The number of amides is 1. The van der Waals surface area contributed by atoms with Crippen molar-refractivity contribution in [2.24, 2.45) is 0 Å². The summed E-state index contributed by atoms with van der Waals surface area (Å²) in [5.41, 5.74) is 0. The number of hydrogen-bond acceptors (Lipinski definition) is 4. The van der Waals surface area contributed by atoms with Gasteiger partial charge in [0.25, 0.3) is 5.91 Å². The molecule has 0 bridgehead atoms. The summed E-state index contributed by atoms with van der Waals surface area (Å²) in [6.07, 6.45) is 0. The summed E-state index contributed by atoms with van der Waals surface area (Å²) < 4.78 is 5.48. The lowest BCUT2D eigenvalue weighted by atomic mass is 10.3. The van der Waals surface area contributed by atoms with Crippen LogP contribution < -0.4 is 4.74 Å². The Labute approximate surface area is 112 Å². The number of carbonyl (C=O) groups excluding carboxylic acids is 1. The van der Waals surface area contributed by atoms with E-state index in [0.717, 1.165) is 43.4 Å². The summed E-state index contributed by atoms with van der Waals surface area (Å²) in [5.74, 6) is 0.842. The first-order valence-electron chi connectivity index (χ1n) is 6.48. The molecule has 1 aliphatic heterocycles. The molecule has 1 aliphatic rings. The summed E-state index contributed by atoms with van der Waals surface area (Å²) >= 11 is 1.47. The number of likely N-dealkylation sites (N-methyl/N-ethyl adjacent to an activating group) is 1. The molecule has 2 rings (SSSR count). The minimum atomic E-state index is 0.115. The third-order valence-corrected chi connectivity index (χ3v) is 4.11. The molecule has 0 atom stereocenters. The Hall–Kier alpha value is -1.07. The molecular weight excluding hydrogens is 248 g/mol. The Bertz CT molecular complexity index is 397. The van der Waals surface area contributed by atoms with Crippen molar-refractivity contribution in [1.82, 2.24) is 9.80 Å². The van der Waals surface area contributed by atoms with E-state index in [-0.39, 0.29) is 5.91 Å². The molecule has 1 aromatic rings. The number of hydrogen-bond donors (Lipinski definition) is 0. The molecule has 5 heteroatoms. The average Bonchev–Trinajstić information content (AvgIpc) is 2.87. The first-order chi connectivity index (χ1) is 8.76. The van der Waals surface area contributed by atoms with Gasteiger partial charge in [-0.05, 0) is 24.9 Å². The molecule has 0 radical (unpaired) electrons. The van der Waals surface area contributed by atoms with E-state index in [4.69, 9.17) is 4.74 Å². The van der Waals surface area contributed by atoms with E-state index in [9.17, 15) is 4.79 Å². The van der Waals surface area contributed by atoms with Crippen LogP contribution in [0.25, 0.3) is 0 Å². The normalized spacial score (nSPS) is 16.9. The van der Waals surface area contributed by atoms with Crippen molar-refractivity contribution in [3.05, 3.63) is 16.3 Å². The Balaban J connectivity index is 2.01. The molecule has 0 aromatic carbocycles. The first kappa shape index (κ1) is 13.4. The second-order valence-electron chi connectivity index (χ2n) is 4.27. The van der Waals surface area contributed by atoms with E-state index in [1.807, 2.05) is 23.3 Å². The van der Waals surface area contributed by atoms with Gasteiger partial charge in [0, 0.05) is 26.2 Å². The molecule has 2 heterocycles. The van der Waals surface area contributed by atoms with Crippen molar-refractivity contribution in [3.8, 4) is 5.75 Å². The van der Waals surface area contributed by atoms with Crippen LogP contribution in [0.1, 0.15) is 23.5 Å². The monoisotopic (exact) mass is 268 g/mol. The fraction of sp³-hybridized carbons (Fsp3) is 0.615. The predicted octanol–water partition coefficient (Wildman–Crippen LogP) is 1.92. The molecule has 0 spiro atoms. The van der Waals surface area contributed by atoms with Crippen molar-refractivity contribution >= 4 is 17.2 Å². The number of carbonyl (C=O) groups is 1. The molecule has 0 saturated carbocycles. The smallest absolute Gasteiger partial charge is 0.267 e. The average molecular weight is 268 g/mol. The molecule has 1 aromatic heterocycles. The van der Waals surface area contributed by atoms with Crippen LogP contribution in [0.2, 0.25) is 0 Å². The van der Waals surface area contributed by atoms with Gasteiger partial charge >= 0.3 is 0 Å². The maximum Gasteiger partial charge on any atom is 0.267 e. The van der Waals surface area contributed by atoms with Gasteiger partial charge in [-0.25, -0.2) is 0 Å². The summed E-state index contributed by atoms with van der Waals surface area (Å²) in [6.45, 7) is 9.32. The highest BCUT2D eigenvalue weighted by atomic mass is 32.1. The van der Waals surface area contributed by atoms with Crippen molar-refractivity contribution < 1.29 is 9.53 Å². The Morgan fingerprint density at radius 3 is 2.67 bits per heavy atom. The number of rotatable bonds is 4. The molecule has 1 fully saturated rings. The molecule has 18 heavy (non-hydrogen) atoms. The van der Waals surface area contributed by atoms with Crippen LogP contribution >= 0.6 is 11.3 Å². The van der Waals surface area contributed by atoms with Crippen LogP contribution in [0, 0.1) is 0 Å². The van der Waals surface area contributed by atoms with E-state index in [0.29, 0.717) is 6.61 Å². The summed E-state index contributed by atoms with van der Waals surface area (Å²) in [7, 11) is 0. The molecular formula is C13H20N2O2S. The van der Waals surface area contributed by atoms with Crippen molar-refractivity contribution in [1.29, 1.82) is 0 Å². The lowest BCUT2D eigenvalue weighted by molar-refractivity contribution is 0.0644. The van der Waals surface area contributed by atoms with Gasteiger partial charge in [-0.3, -0.25) is 4.79 Å². The minimum Gasteiger partial charge on any atom is -0.492 e. The fourth-order valence-corrected chi connectivity index (χ4v) is 2.93. The van der Waals surface area contributed by atoms with Crippen LogP contribution in [0.5, 0.6) is 5.75 Å². The van der Waals surface area contributed by atoms with Crippen LogP contribution in [-0.4, -0.2) is 55.0 Å². The summed E-state index contributed by atoms with van der Waals surface area (Å²) in [5, 5.41) is 1.92. The van der Waals surface area contributed by atoms with Gasteiger partial charge in [-0.2, -0.15) is 0 Å². The molecule has 4 nitrogen and oxygen atoms in total. The largest absolute Gasteiger partial charge is 0.492 e. The maximum atomic E-state index is 12.4. The topological polar surface area (TPSA) is 32.8 Å². The van der Waals surface area contributed by atoms with Gasteiger partial charge < -0.3 is 14.5 Å². The van der Waals surface area contributed by atoms with Crippen molar-refractivity contribution in [3.63, 3.8) is 0 Å². The number of nitrogens with zero attached hydrogens (tertiary/aromatic N) is 2. The van der Waals surface area contributed by atoms with Gasteiger partial charge in [-0.15, -0.1) is 11.3 Å². The van der Waals surface area contributed by atoms with Crippen LogP contribution in [0.3, 0.4) is 0 Å². The van der Waals surface area contributed by atoms with Crippen LogP contribution in [0.15, 0.2) is 11.4 Å². The lowest BCUT2D eigenvalue weighted by Gasteiger charge is -2.33. The van der Waals surface area contributed by atoms with E-state index in [1.54, 1.807) is 0 Å². The second kappa shape index (κ2) is 6.20. The number of ether oxygens (including phenoxy) is 1. The zero-order chi connectivity index (χ0) is 13.0. The van der Waals surface area contributed by atoms with Crippen molar-refractivity contribution in [2.75, 3.05) is 39.3 Å². The SMILES string of the molecule is CCOc1ccsc1C(=O)N1CCN(CC)CC1. The van der Waals surface area contributed by atoms with Gasteiger partial charge in [0.1, 0.15) is 10.6 Å². The zero-order valence-electron chi connectivity index (χ0n) is 11.0. The van der Waals surface area contributed by atoms with E-state index >= 15 is 0 Å². The molecule has 0 aliphatic carbocycles. The van der Waals surface area contributed by atoms with E-state index in [1.165, 1.54) is 11.3 Å². The van der Waals surface area contributed by atoms with Crippen LogP contribution in [0.4, 0.5) is 0 Å². The summed E-state index contributed by atoms with van der Waals surface area (Å²) in [6, 6.07) is 1.88. The summed E-state index contributed by atoms with van der Waals surface area (Å²) in [4.78, 5) is 17.4. The molecule has 0 N–H and O–H groups in total. The Morgan fingerprint density at radius 1 is 1.33 bits per heavy atom. The molecule has 1 amide bonds. The zero-order valence-corrected chi connectivity index (χ0v) is 11.8. The quantitative estimate of drug-likeness (QED) is 0.836. The highest BCUT2D eigenvalue weighted by Gasteiger charge is 2.24. The van der Waals surface area contributed by atoms with E-state index in [2.05, 4.69) is 11.8 Å². The van der Waals surface area contributed by atoms with Gasteiger partial charge in [-0.1, -0.05) is 6.92 Å². The lowest BCUT2D eigenvalue weighted by Crippen LogP contribution is -2.48. The number of piperazine rings is 1. The Kier molecular flexibility index (Phi) is 4.60. The second-order valence-corrected chi connectivity index (χ2v) is 5.19. The van der Waals surface area contributed by atoms with Crippen LogP contribution in [-0.2, 0) is 0 Å². The maximum absolute atomic E-state index is 12.4. The third-order valence-electron chi connectivity index (χ3n) is 3.23. The van der Waals surface area contributed by atoms with E-state index < -0.39 is 0 Å². The third kappa shape index (κ3) is 2.84. The standard InChI is InChI=1S/C13H20N2O2S/c1-3-14-6-8-15(9-7-14)13(16)12-11(17-4-2)5-10-18-12/h5,10H,3-4,6-9H2,1-2H3. The van der Waals surface area contributed by atoms with Gasteiger partial charge in [0.15, 0.2) is 0 Å². The minimum absolute atomic E-state index is 0.115. The highest BCUT2D eigenvalue weighted by Crippen LogP contribution is 2.26. The van der Waals surface area contributed by atoms with Gasteiger partial charge in [0.05, 0.1) is 6.61 Å². The van der Waals surface area contributed by atoms with Gasteiger partial charge in [0.2, 0.25) is 0 Å². The molecule has 0 unspecified atom stereocenters. The molecule has 1 saturated heterocycles. The predicted molar refractivity (Wildman–Crippen MR) is 73.5 cm³/mol. The first-order valence-corrected chi connectivity index (χ1v) is 7.36. The molecule has 100 valence electrons. The Morgan fingerprint density at radius 2 is 2.06 bits per heavy atom. The number of thiophene rings is 1. The fourth-order valence-electron chi connectivity index (χ4n) is 2.13. The van der Waals surface area contributed by atoms with Crippen molar-refractivity contribution in [2.45, 2.75) is 13.8 Å². The highest BCUT2D eigenvalue weighted by molar-refractivity contribution is 7.12.